The molecule has 4 heterocycles. The topological polar surface area (TPSA) is 107 Å². The Morgan fingerprint density at radius 1 is 0.979 bits per heavy atom. The van der Waals surface area contributed by atoms with Crippen LogP contribution in [0.4, 0.5) is 4.39 Å². The number of carbonyl (C=O) groups excluding carboxylic acids is 2. The first kappa shape index (κ1) is 32.9. The van der Waals surface area contributed by atoms with Crippen LogP contribution in [0.5, 0.6) is 0 Å². The van der Waals surface area contributed by atoms with Crippen molar-refractivity contribution in [1.29, 1.82) is 0 Å². The summed E-state index contributed by atoms with van der Waals surface area (Å²) in [4.78, 5) is 41.3. The minimum atomic E-state index is -3.59. The molecule has 10 nitrogen and oxygen atoms in total. The molecule has 0 N–H and O–H groups in total. The van der Waals surface area contributed by atoms with Crippen molar-refractivity contribution in [1.82, 2.24) is 29.0 Å². The van der Waals surface area contributed by atoms with E-state index in [-0.39, 0.29) is 33.9 Å². The Hall–Kier alpha value is -4.00. The molecule has 1 unspecified atom stereocenters. The number of piperidine rings is 1. The van der Waals surface area contributed by atoms with Crippen molar-refractivity contribution in [3.8, 4) is 0 Å². The first-order valence-electron chi connectivity index (χ1n) is 16.0. The molecule has 0 aliphatic carbocycles. The molecule has 248 valence electrons. The average Bonchev–Trinajstić information content (AvgIpc) is 3.63. The van der Waals surface area contributed by atoms with E-state index in [0.29, 0.717) is 55.0 Å². The van der Waals surface area contributed by atoms with Gasteiger partial charge in [0.15, 0.2) is 0 Å². The van der Waals surface area contributed by atoms with Gasteiger partial charge in [-0.1, -0.05) is 12.1 Å². The number of aryl methyl sites for hydroxylation is 2. The van der Waals surface area contributed by atoms with Crippen molar-refractivity contribution in [2.24, 2.45) is 5.92 Å². The largest absolute Gasteiger partial charge is 0.339 e. The predicted octanol–water partition coefficient (Wildman–Crippen LogP) is 4.02. The fraction of sp³-hybridized carbons (Fsp3) is 0.429. The molecule has 2 amide bonds. The van der Waals surface area contributed by atoms with E-state index in [1.807, 2.05) is 31.0 Å². The molecule has 0 bridgehead atoms. The zero-order valence-electron chi connectivity index (χ0n) is 27.3. The van der Waals surface area contributed by atoms with Gasteiger partial charge < -0.3 is 9.80 Å². The fourth-order valence-electron chi connectivity index (χ4n) is 7.22. The molecule has 2 saturated heterocycles. The van der Waals surface area contributed by atoms with Crippen LogP contribution in [0.25, 0.3) is 0 Å². The van der Waals surface area contributed by atoms with Gasteiger partial charge in [-0.05, 0) is 92.6 Å². The van der Waals surface area contributed by atoms with E-state index in [4.69, 9.17) is 0 Å². The van der Waals surface area contributed by atoms with E-state index < -0.39 is 10.0 Å². The van der Waals surface area contributed by atoms with E-state index in [1.54, 1.807) is 29.2 Å². The highest BCUT2D eigenvalue weighted by molar-refractivity contribution is 7.89. The van der Waals surface area contributed by atoms with Gasteiger partial charge in [0.1, 0.15) is 12.1 Å². The third kappa shape index (κ3) is 6.46. The summed E-state index contributed by atoms with van der Waals surface area (Å²) in [5.74, 6) is -0.201. The first-order chi connectivity index (χ1) is 22.4. The highest BCUT2D eigenvalue weighted by Gasteiger charge is 2.41. The highest BCUT2D eigenvalue weighted by atomic mass is 32.2. The number of halogens is 1. The number of benzene rings is 2. The second-order valence-corrected chi connectivity index (χ2v) is 15.3. The Kier molecular flexibility index (Phi) is 9.03. The van der Waals surface area contributed by atoms with Crippen molar-refractivity contribution in [2.75, 3.05) is 53.4 Å². The molecule has 6 rings (SSSR count). The quantitative estimate of drug-likeness (QED) is 0.360. The summed E-state index contributed by atoms with van der Waals surface area (Å²) in [6.45, 7) is 7.77. The molecule has 0 spiro atoms. The number of fused-ring (bicyclic) bond motifs is 1. The van der Waals surface area contributed by atoms with Gasteiger partial charge in [0, 0.05) is 64.5 Å². The lowest BCUT2D eigenvalue weighted by Gasteiger charge is -2.43. The van der Waals surface area contributed by atoms with Crippen LogP contribution in [0.2, 0.25) is 0 Å². The van der Waals surface area contributed by atoms with Crippen LogP contribution < -0.4 is 0 Å². The highest BCUT2D eigenvalue weighted by Crippen LogP contribution is 2.41. The number of sulfonamides is 1. The predicted molar refractivity (Wildman–Crippen MR) is 176 cm³/mol. The number of amides is 2. The summed E-state index contributed by atoms with van der Waals surface area (Å²) in [7, 11) is -0.641. The van der Waals surface area contributed by atoms with E-state index in [1.165, 1.54) is 44.2 Å². The Balaban J connectivity index is 1.12. The number of hydrogen-bond acceptors (Lipinski definition) is 7. The molecule has 3 aromatic rings. The molecule has 0 saturated carbocycles. The van der Waals surface area contributed by atoms with Gasteiger partial charge in [-0.15, -0.1) is 0 Å². The zero-order valence-corrected chi connectivity index (χ0v) is 28.1. The molecule has 0 radical (unpaired) electrons. The van der Waals surface area contributed by atoms with E-state index >= 15 is 0 Å². The lowest BCUT2D eigenvalue weighted by Crippen LogP contribution is -2.46. The van der Waals surface area contributed by atoms with Crippen LogP contribution in [0.3, 0.4) is 0 Å². The van der Waals surface area contributed by atoms with E-state index in [0.717, 1.165) is 35.9 Å². The van der Waals surface area contributed by atoms with Gasteiger partial charge in [0.05, 0.1) is 21.8 Å². The molecular weight excluding hydrogens is 619 g/mol. The van der Waals surface area contributed by atoms with Gasteiger partial charge in [0.2, 0.25) is 10.0 Å². The van der Waals surface area contributed by atoms with Gasteiger partial charge in [0.25, 0.3) is 11.8 Å². The Labute approximate surface area is 276 Å². The molecule has 3 aliphatic heterocycles. The summed E-state index contributed by atoms with van der Waals surface area (Å²) in [6.07, 6.45) is 5.67. The molecule has 2 aromatic carbocycles. The van der Waals surface area contributed by atoms with Crippen molar-refractivity contribution < 1.29 is 22.4 Å². The standard InChI is InChI=1S/C35H41FN6O4S/c1-24-32(25(2)38-23-37-24)34(44)42-21-27-19-40(20-28(27)22-42)15-12-35(29-6-5-7-30(36)18-29)13-16-41(17-14-35)33(43)26-8-10-31(11-9-26)47(45,46)39(3)4/h5-11,18,21,23,28H,12-17,19-20,22H2,1-4H3. The lowest BCUT2D eigenvalue weighted by atomic mass is 9.70. The van der Waals surface area contributed by atoms with Gasteiger partial charge >= 0.3 is 0 Å². The molecule has 47 heavy (non-hydrogen) atoms. The third-order valence-corrected chi connectivity index (χ3v) is 11.9. The molecule has 1 atom stereocenters. The van der Waals surface area contributed by atoms with Gasteiger partial charge in [-0.2, -0.15) is 0 Å². The van der Waals surface area contributed by atoms with Crippen molar-refractivity contribution in [3.63, 3.8) is 0 Å². The number of rotatable bonds is 8. The summed E-state index contributed by atoms with van der Waals surface area (Å²) in [5, 5.41) is 0. The first-order valence-corrected chi connectivity index (χ1v) is 17.4. The van der Waals surface area contributed by atoms with Gasteiger partial charge in [-0.3, -0.25) is 14.5 Å². The Bertz CT molecular complexity index is 1800. The minimum absolute atomic E-state index is 0.0602. The van der Waals surface area contributed by atoms with Crippen molar-refractivity contribution >= 4 is 21.8 Å². The second-order valence-electron chi connectivity index (χ2n) is 13.2. The number of aromatic nitrogens is 2. The lowest BCUT2D eigenvalue weighted by molar-refractivity contribution is 0.0650. The molecule has 2 fully saturated rings. The smallest absolute Gasteiger partial charge is 0.261 e. The van der Waals surface area contributed by atoms with Crippen LogP contribution in [0.1, 0.15) is 56.9 Å². The van der Waals surface area contributed by atoms with Crippen LogP contribution in [-0.4, -0.2) is 103 Å². The monoisotopic (exact) mass is 660 g/mol. The van der Waals surface area contributed by atoms with Gasteiger partial charge in [-0.25, -0.2) is 27.1 Å². The number of likely N-dealkylation sites (tertiary alicyclic amines) is 2. The number of nitrogens with zero attached hydrogens (tertiary/aromatic N) is 6. The molecule has 1 aromatic heterocycles. The van der Waals surface area contributed by atoms with Crippen molar-refractivity contribution in [3.05, 3.63) is 101 Å². The molecule has 3 aliphatic rings. The van der Waals surface area contributed by atoms with Crippen LogP contribution in [-0.2, 0) is 15.4 Å². The fourth-order valence-corrected chi connectivity index (χ4v) is 8.13. The molecule has 12 heteroatoms. The number of carbonyl (C=O) groups is 2. The SMILES string of the molecule is Cc1ncnc(C)c1C(=O)N1C=C2CN(CCC3(c4cccc(F)c4)CCN(C(=O)c4ccc(S(=O)(=O)N(C)C)cc4)CC3)CC2C1. The summed E-state index contributed by atoms with van der Waals surface area (Å²) in [6, 6.07) is 12.9. The summed E-state index contributed by atoms with van der Waals surface area (Å²) in [5.41, 5.74) is 4.28. The normalized spacial score (nSPS) is 19.6. The van der Waals surface area contributed by atoms with Crippen LogP contribution in [0.15, 0.2) is 71.5 Å². The average molecular weight is 661 g/mol. The maximum absolute atomic E-state index is 14.5. The van der Waals surface area contributed by atoms with E-state index in [2.05, 4.69) is 14.9 Å². The maximum Gasteiger partial charge on any atom is 0.261 e. The second kappa shape index (κ2) is 12.9. The minimum Gasteiger partial charge on any atom is -0.339 e. The molecular formula is C35H41FN6O4S. The Morgan fingerprint density at radius 2 is 1.66 bits per heavy atom. The van der Waals surface area contributed by atoms with Crippen LogP contribution >= 0.6 is 0 Å². The maximum atomic E-state index is 14.5. The third-order valence-electron chi connectivity index (χ3n) is 10.1. The van der Waals surface area contributed by atoms with Crippen LogP contribution in [0, 0.1) is 25.6 Å². The zero-order chi connectivity index (χ0) is 33.5. The van der Waals surface area contributed by atoms with E-state index in [9.17, 15) is 22.4 Å². The summed E-state index contributed by atoms with van der Waals surface area (Å²) < 4.78 is 40.5. The Morgan fingerprint density at radius 3 is 2.28 bits per heavy atom. The number of hydrogen-bond donors (Lipinski definition) is 0. The van der Waals surface area contributed by atoms with Crippen molar-refractivity contribution in [2.45, 2.75) is 43.4 Å². The summed E-state index contributed by atoms with van der Waals surface area (Å²) >= 11 is 0.